The van der Waals surface area contributed by atoms with Gasteiger partial charge in [0.25, 0.3) is 0 Å². The van der Waals surface area contributed by atoms with Crippen molar-refractivity contribution in [3.63, 3.8) is 0 Å². The number of hydrogen-bond acceptors (Lipinski definition) is 3. The number of thiazole rings is 1. The van der Waals surface area contributed by atoms with Crippen molar-refractivity contribution in [1.82, 2.24) is 4.98 Å². The van der Waals surface area contributed by atoms with Gasteiger partial charge in [0, 0.05) is 23.6 Å². The molecule has 0 saturated heterocycles. The van der Waals surface area contributed by atoms with Crippen molar-refractivity contribution in [3.05, 3.63) is 52.5 Å². The van der Waals surface area contributed by atoms with Crippen LogP contribution in [0.25, 0.3) is 6.08 Å². The zero-order valence-corrected chi connectivity index (χ0v) is 8.95. The molecule has 2 nitrogen and oxygen atoms in total. The van der Waals surface area contributed by atoms with Crippen molar-refractivity contribution in [1.29, 1.82) is 0 Å². The minimum Gasteiger partial charge on any atom is -0.507 e. The summed E-state index contributed by atoms with van der Waals surface area (Å²) >= 11 is 1.64. The SMILES string of the molecule is Oc1ccccc1/C=C/Cc1nccs1. The molecule has 1 N–H and O–H groups in total. The van der Waals surface area contributed by atoms with Gasteiger partial charge in [-0.1, -0.05) is 30.4 Å². The van der Waals surface area contributed by atoms with Gasteiger partial charge in [0.1, 0.15) is 5.75 Å². The van der Waals surface area contributed by atoms with Gasteiger partial charge in [0.05, 0.1) is 5.01 Å². The first kappa shape index (κ1) is 9.93. The standard InChI is InChI=1S/C12H11NOS/c14-11-6-2-1-4-10(11)5-3-7-12-13-8-9-15-12/h1-6,8-9,14H,7H2/b5-3+. The van der Waals surface area contributed by atoms with Crippen LogP contribution < -0.4 is 0 Å². The molecule has 0 aliphatic heterocycles. The lowest BCUT2D eigenvalue weighted by Gasteiger charge is -1.96. The smallest absolute Gasteiger partial charge is 0.122 e. The van der Waals surface area contributed by atoms with Gasteiger partial charge in [-0.15, -0.1) is 11.3 Å². The summed E-state index contributed by atoms with van der Waals surface area (Å²) in [5, 5.41) is 12.5. The van der Waals surface area contributed by atoms with Gasteiger partial charge in [-0.25, -0.2) is 4.98 Å². The van der Waals surface area contributed by atoms with Gasteiger partial charge >= 0.3 is 0 Å². The Morgan fingerprint density at radius 2 is 2.20 bits per heavy atom. The molecule has 1 heterocycles. The summed E-state index contributed by atoms with van der Waals surface area (Å²) in [5.74, 6) is 0.313. The lowest BCUT2D eigenvalue weighted by atomic mass is 10.2. The van der Waals surface area contributed by atoms with Crippen LogP contribution in [0.1, 0.15) is 10.6 Å². The lowest BCUT2D eigenvalue weighted by Crippen LogP contribution is -1.77. The van der Waals surface area contributed by atoms with Gasteiger partial charge in [0.2, 0.25) is 0 Å². The van der Waals surface area contributed by atoms with Crippen LogP contribution >= 0.6 is 11.3 Å². The first-order chi connectivity index (χ1) is 7.36. The number of para-hydroxylation sites is 1. The largest absolute Gasteiger partial charge is 0.507 e. The Morgan fingerprint density at radius 1 is 1.33 bits per heavy atom. The molecule has 2 aromatic rings. The molecular weight excluding hydrogens is 206 g/mol. The van der Waals surface area contributed by atoms with E-state index in [1.165, 1.54) is 0 Å². The maximum Gasteiger partial charge on any atom is 0.122 e. The zero-order chi connectivity index (χ0) is 10.5. The molecule has 1 aromatic heterocycles. The van der Waals surface area contributed by atoms with E-state index in [1.807, 2.05) is 35.7 Å². The predicted octanol–water partition coefficient (Wildman–Crippen LogP) is 3.10. The van der Waals surface area contributed by atoms with E-state index in [9.17, 15) is 5.11 Å². The van der Waals surface area contributed by atoms with Crippen LogP contribution in [0.3, 0.4) is 0 Å². The molecule has 0 unspecified atom stereocenters. The summed E-state index contributed by atoms with van der Waals surface area (Å²) in [4.78, 5) is 4.17. The van der Waals surface area contributed by atoms with Crippen LogP contribution in [0.15, 0.2) is 41.9 Å². The first-order valence-electron chi connectivity index (χ1n) is 4.69. The van der Waals surface area contributed by atoms with E-state index in [1.54, 1.807) is 23.6 Å². The number of hydrogen-bond donors (Lipinski definition) is 1. The number of rotatable bonds is 3. The minimum absolute atomic E-state index is 0.313. The molecule has 0 fully saturated rings. The van der Waals surface area contributed by atoms with E-state index in [0.29, 0.717) is 5.75 Å². The molecule has 0 saturated carbocycles. The second kappa shape index (κ2) is 4.75. The van der Waals surface area contributed by atoms with Crippen LogP contribution in [0.2, 0.25) is 0 Å². The van der Waals surface area contributed by atoms with E-state index >= 15 is 0 Å². The third kappa shape index (κ3) is 2.67. The fraction of sp³-hybridized carbons (Fsp3) is 0.0833. The Balaban J connectivity index is 2.03. The monoisotopic (exact) mass is 217 g/mol. The summed E-state index contributed by atoms with van der Waals surface area (Å²) in [6.07, 6.45) is 6.53. The molecule has 0 aliphatic carbocycles. The average molecular weight is 217 g/mol. The molecule has 0 radical (unpaired) electrons. The fourth-order valence-electron chi connectivity index (χ4n) is 1.27. The summed E-state index contributed by atoms with van der Waals surface area (Å²) in [5.41, 5.74) is 0.842. The van der Waals surface area contributed by atoms with Crippen LogP contribution in [-0.2, 0) is 6.42 Å². The summed E-state index contributed by atoms with van der Waals surface area (Å²) in [7, 11) is 0. The van der Waals surface area contributed by atoms with E-state index in [-0.39, 0.29) is 0 Å². The van der Waals surface area contributed by atoms with Crippen molar-refractivity contribution in [3.8, 4) is 5.75 Å². The molecule has 15 heavy (non-hydrogen) atoms. The number of nitrogens with zero attached hydrogens (tertiary/aromatic N) is 1. The molecule has 0 aliphatic rings. The first-order valence-corrected chi connectivity index (χ1v) is 5.57. The minimum atomic E-state index is 0.313. The maximum absolute atomic E-state index is 9.50. The van der Waals surface area contributed by atoms with E-state index in [0.717, 1.165) is 17.0 Å². The Kier molecular flexibility index (Phi) is 3.15. The molecular formula is C12H11NOS. The quantitative estimate of drug-likeness (QED) is 0.857. The van der Waals surface area contributed by atoms with Gasteiger partial charge in [-0.3, -0.25) is 0 Å². The second-order valence-electron chi connectivity index (χ2n) is 3.09. The number of allylic oxidation sites excluding steroid dienone is 1. The van der Waals surface area contributed by atoms with Crippen LogP contribution in [0.4, 0.5) is 0 Å². The number of aromatic nitrogens is 1. The highest BCUT2D eigenvalue weighted by Crippen LogP contribution is 2.17. The van der Waals surface area contributed by atoms with E-state index < -0.39 is 0 Å². The van der Waals surface area contributed by atoms with Gasteiger partial charge < -0.3 is 5.11 Å². The van der Waals surface area contributed by atoms with Crippen molar-refractivity contribution >= 4 is 17.4 Å². The van der Waals surface area contributed by atoms with Gasteiger partial charge in [-0.2, -0.15) is 0 Å². The average Bonchev–Trinajstić information content (AvgIpc) is 2.74. The molecule has 0 amide bonds. The highest BCUT2D eigenvalue weighted by molar-refractivity contribution is 7.09. The molecule has 1 aromatic carbocycles. The Hall–Kier alpha value is -1.61. The summed E-state index contributed by atoms with van der Waals surface area (Å²) in [6.45, 7) is 0. The van der Waals surface area contributed by atoms with Crippen molar-refractivity contribution in [2.24, 2.45) is 0 Å². The second-order valence-corrected chi connectivity index (χ2v) is 4.07. The van der Waals surface area contributed by atoms with Crippen LogP contribution in [0.5, 0.6) is 5.75 Å². The van der Waals surface area contributed by atoms with E-state index in [4.69, 9.17) is 0 Å². The zero-order valence-electron chi connectivity index (χ0n) is 8.13. The topological polar surface area (TPSA) is 33.1 Å². The third-order valence-corrected chi connectivity index (χ3v) is 2.81. The molecule has 0 bridgehead atoms. The summed E-state index contributed by atoms with van der Waals surface area (Å²) < 4.78 is 0. The highest BCUT2D eigenvalue weighted by atomic mass is 32.1. The molecule has 0 atom stereocenters. The number of benzene rings is 1. The lowest BCUT2D eigenvalue weighted by molar-refractivity contribution is 0.474. The number of aromatic hydroxyl groups is 1. The van der Waals surface area contributed by atoms with E-state index in [2.05, 4.69) is 4.98 Å². The maximum atomic E-state index is 9.50. The predicted molar refractivity (Wildman–Crippen MR) is 63.0 cm³/mol. The van der Waals surface area contributed by atoms with Gasteiger partial charge in [0.15, 0.2) is 0 Å². The Morgan fingerprint density at radius 3 is 2.93 bits per heavy atom. The highest BCUT2D eigenvalue weighted by Gasteiger charge is 1.94. The van der Waals surface area contributed by atoms with Crippen LogP contribution in [0, 0.1) is 0 Å². The molecule has 76 valence electrons. The van der Waals surface area contributed by atoms with Crippen molar-refractivity contribution in [2.75, 3.05) is 0 Å². The number of phenolic OH excluding ortho intramolecular Hbond substituents is 1. The summed E-state index contributed by atoms with van der Waals surface area (Å²) in [6, 6.07) is 7.28. The molecule has 3 heteroatoms. The third-order valence-electron chi connectivity index (χ3n) is 2.01. The Labute approximate surface area is 92.5 Å². The van der Waals surface area contributed by atoms with Gasteiger partial charge in [-0.05, 0) is 6.07 Å². The fourth-order valence-corrected chi connectivity index (χ4v) is 1.86. The Bertz CT molecular complexity index is 448. The van der Waals surface area contributed by atoms with Crippen LogP contribution in [-0.4, -0.2) is 10.1 Å². The molecule has 2 rings (SSSR count). The number of phenols is 1. The van der Waals surface area contributed by atoms with Crippen molar-refractivity contribution in [2.45, 2.75) is 6.42 Å². The van der Waals surface area contributed by atoms with Crippen molar-refractivity contribution < 1.29 is 5.11 Å². The normalized spacial score (nSPS) is 10.9. The molecule has 0 spiro atoms.